The van der Waals surface area contributed by atoms with Crippen molar-refractivity contribution < 1.29 is 27.5 Å². The number of piperidine rings is 2. The third-order valence-corrected chi connectivity index (χ3v) is 8.72. The summed E-state index contributed by atoms with van der Waals surface area (Å²) in [6.07, 6.45) is 3.76. The van der Waals surface area contributed by atoms with E-state index in [2.05, 4.69) is 9.64 Å². The monoisotopic (exact) mass is 521 g/mol. The second-order valence-corrected chi connectivity index (χ2v) is 10.9. The largest absolute Gasteiger partial charge is 0.573 e. The number of alkyl halides is 3. The first-order valence-corrected chi connectivity index (χ1v) is 13.6. The van der Waals surface area contributed by atoms with Crippen LogP contribution >= 0.6 is 11.3 Å². The van der Waals surface area contributed by atoms with Gasteiger partial charge in [0, 0.05) is 42.5 Å². The van der Waals surface area contributed by atoms with E-state index in [1.807, 2.05) is 5.38 Å². The van der Waals surface area contributed by atoms with Gasteiger partial charge in [0.05, 0.1) is 5.01 Å². The molecule has 3 heterocycles. The van der Waals surface area contributed by atoms with E-state index in [1.165, 1.54) is 49.2 Å². The van der Waals surface area contributed by atoms with Crippen LogP contribution in [0, 0.1) is 5.92 Å². The molecule has 1 aliphatic carbocycles. The van der Waals surface area contributed by atoms with E-state index in [1.54, 1.807) is 4.90 Å². The molecule has 1 aromatic heterocycles. The molecule has 10 heteroatoms. The first-order valence-electron chi connectivity index (χ1n) is 12.7. The average molecular weight is 522 g/mol. The maximum absolute atomic E-state index is 13.3. The molecule has 2 atom stereocenters. The molecule has 2 unspecified atom stereocenters. The highest BCUT2D eigenvalue weighted by Gasteiger charge is 2.37. The summed E-state index contributed by atoms with van der Waals surface area (Å²) < 4.78 is 40.9. The highest BCUT2D eigenvalue weighted by molar-refractivity contribution is 7.09. The molecule has 0 N–H and O–H groups in total. The van der Waals surface area contributed by atoms with Crippen LogP contribution in [0.5, 0.6) is 5.75 Å². The number of carbonyl (C=O) groups excluding carboxylic acids is 2. The molecular formula is C26H30F3N3O3S. The standard InChI is InChI=1S/C26H30F3N3O3S/c27-26(28,29)35-20-9-7-19(8-10-20)24(33)31-14-11-18(12-15-31)23-30-21(16-36-23)25(34)32-13-3-5-17-4-1-2-6-22(17)32/h7-10,16-18,22H,1-6,11-15H2. The number of thiazole rings is 1. The van der Waals surface area contributed by atoms with Gasteiger partial charge in [-0.2, -0.15) is 0 Å². The van der Waals surface area contributed by atoms with Crippen LogP contribution in [0.2, 0.25) is 0 Å². The molecule has 1 saturated carbocycles. The van der Waals surface area contributed by atoms with Crippen molar-refractivity contribution in [2.75, 3.05) is 19.6 Å². The Balaban J connectivity index is 1.17. The number of hydrogen-bond acceptors (Lipinski definition) is 5. The zero-order valence-electron chi connectivity index (χ0n) is 20.0. The summed E-state index contributed by atoms with van der Waals surface area (Å²) in [5.41, 5.74) is 0.869. The fraction of sp³-hybridized carbons (Fsp3) is 0.577. The molecule has 3 fully saturated rings. The number of rotatable bonds is 4. The van der Waals surface area contributed by atoms with E-state index in [4.69, 9.17) is 4.98 Å². The number of hydrogen-bond donors (Lipinski definition) is 0. The van der Waals surface area contributed by atoms with Crippen LogP contribution in [-0.4, -0.2) is 58.6 Å². The molecule has 5 rings (SSSR count). The van der Waals surface area contributed by atoms with Crippen LogP contribution in [0.3, 0.4) is 0 Å². The minimum Gasteiger partial charge on any atom is -0.406 e. The maximum Gasteiger partial charge on any atom is 0.573 e. The van der Waals surface area contributed by atoms with E-state index in [0.29, 0.717) is 36.3 Å². The van der Waals surface area contributed by atoms with Gasteiger partial charge >= 0.3 is 6.36 Å². The number of carbonyl (C=O) groups is 2. The molecule has 2 saturated heterocycles. The van der Waals surface area contributed by atoms with Gasteiger partial charge in [0.25, 0.3) is 11.8 Å². The van der Waals surface area contributed by atoms with Crippen LogP contribution in [0.25, 0.3) is 0 Å². The number of aromatic nitrogens is 1. The van der Waals surface area contributed by atoms with Gasteiger partial charge in [-0.25, -0.2) is 4.98 Å². The minimum absolute atomic E-state index is 0.0552. The Labute approximate surface area is 212 Å². The predicted octanol–water partition coefficient (Wildman–Crippen LogP) is 5.86. The minimum atomic E-state index is -4.76. The lowest BCUT2D eigenvalue weighted by Crippen LogP contribution is -2.49. The third kappa shape index (κ3) is 5.53. The highest BCUT2D eigenvalue weighted by atomic mass is 32.1. The van der Waals surface area contributed by atoms with Crippen molar-refractivity contribution in [3.63, 3.8) is 0 Å². The van der Waals surface area contributed by atoms with Gasteiger partial charge in [-0.3, -0.25) is 9.59 Å². The summed E-state index contributed by atoms with van der Waals surface area (Å²) in [4.78, 5) is 34.6. The van der Waals surface area contributed by atoms with Crippen molar-refractivity contribution >= 4 is 23.2 Å². The lowest BCUT2D eigenvalue weighted by Gasteiger charge is -2.43. The number of amides is 2. The number of fused-ring (bicyclic) bond motifs is 1. The Hall–Kier alpha value is -2.62. The van der Waals surface area contributed by atoms with Crippen LogP contribution in [0.15, 0.2) is 29.6 Å². The van der Waals surface area contributed by atoms with Crippen molar-refractivity contribution in [1.82, 2.24) is 14.8 Å². The Morgan fingerprint density at radius 3 is 2.33 bits per heavy atom. The Morgan fingerprint density at radius 1 is 0.917 bits per heavy atom. The van der Waals surface area contributed by atoms with Crippen molar-refractivity contribution in [3.05, 3.63) is 45.9 Å². The Morgan fingerprint density at radius 2 is 1.61 bits per heavy atom. The lowest BCUT2D eigenvalue weighted by molar-refractivity contribution is -0.274. The van der Waals surface area contributed by atoms with E-state index in [9.17, 15) is 22.8 Å². The molecule has 2 amide bonds. The molecular weight excluding hydrogens is 491 g/mol. The third-order valence-electron chi connectivity index (χ3n) is 7.71. The predicted molar refractivity (Wildman–Crippen MR) is 129 cm³/mol. The molecule has 0 radical (unpaired) electrons. The first kappa shape index (κ1) is 25.0. The molecule has 2 aromatic rings. The number of nitrogens with zero attached hydrogens (tertiary/aromatic N) is 3. The fourth-order valence-electron chi connectivity index (χ4n) is 5.91. The average Bonchev–Trinajstić information content (AvgIpc) is 3.38. The van der Waals surface area contributed by atoms with E-state index in [-0.39, 0.29) is 23.5 Å². The second-order valence-electron chi connectivity index (χ2n) is 9.96. The summed E-state index contributed by atoms with van der Waals surface area (Å²) in [6, 6.07) is 5.37. The van der Waals surface area contributed by atoms with Gasteiger partial charge in [-0.05, 0) is 68.7 Å². The van der Waals surface area contributed by atoms with Crippen molar-refractivity contribution in [2.45, 2.75) is 69.7 Å². The maximum atomic E-state index is 13.3. The smallest absolute Gasteiger partial charge is 0.406 e. The topological polar surface area (TPSA) is 62.7 Å². The van der Waals surface area contributed by atoms with Crippen LogP contribution in [0.4, 0.5) is 13.2 Å². The number of likely N-dealkylation sites (tertiary alicyclic amines) is 2. The van der Waals surface area contributed by atoms with Crippen molar-refractivity contribution in [3.8, 4) is 5.75 Å². The van der Waals surface area contributed by atoms with Crippen LogP contribution in [-0.2, 0) is 0 Å². The van der Waals surface area contributed by atoms with Gasteiger partial charge in [0.1, 0.15) is 11.4 Å². The number of halogens is 3. The van der Waals surface area contributed by atoms with Crippen molar-refractivity contribution in [1.29, 1.82) is 0 Å². The van der Waals surface area contributed by atoms with Gasteiger partial charge in [0.2, 0.25) is 0 Å². The molecule has 194 valence electrons. The highest BCUT2D eigenvalue weighted by Crippen LogP contribution is 2.37. The van der Waals surface area contributed by atoms with Crippen LogP contribution < -0.4 is 4.74 Å². The lowest BCUT2D eigenvalue weighted by atomic mass is 9.78. The molecule has 36 heavy (non-hydrogen) atoms. The molecule has 0 spiro atoms. The van der Waals surface area contributed by atoms with E-state index >= 15 is 0 Å². The van der Waals surface area contributed by atoms with E-state index < -0.39 is 6.36 Å². The summed E-state index contributed by atoms with van der Waals surface area (Å²) >= 11 is 1.52. The van der Waals surface area contributed by atoms with Crippen LogP contribution in [0.1, 0.15) is 83.1 Å². The summed E-state index contributed by atoms with van der Waals surface area (Å²) in [7, 11) is 0. The first-order chi connectivity index (χ1) is 17.3. The summed E-state index contributed by atoms with van der Waals surface area (Å²) in [5, 5.41) is 2.82. The second kappa shape index (κ2) is 10.4. The SMILES string of the molecule is O=C(c1ccc(OC(F)(F)F)cc1)N1CCC(c2nc(C(=O)N3CCCC4CCCCC43)cs2)CC1. The molecule has 1 aromatic carbocycles. The molecule has 3 aliphatic rings. The Kier molecular flexibility index (Phi) is 7.23. The summed E-state index contributed by atoms with van der Waals surface area (Å²) in [5.74, 6) is 0.306. The zero-order valence-corrected chi connectivity index (χ0v) is 20.8. The van der Waals surface area contributed by atoms with E-state index in [0.717, 1.165) is 49.4 Å². The van der Waals surface area contributed by atoms with Gasteiger partial charge < -0.3 is 14.5 Å². The molecule has 0 bridgehead atoms. The zero-order chi connectivity index (χ0) is 25.3. The quantitative estimate of drug-likeness (QED) is 0.506. The normalized spacial score (nSPS) is 23.3. The van der Waals surface area contributed by atoms with Gasteiger partial charge in [-0.15, -0.1) is 24.5 Å². The molecule has 2 aliphatic heterocycles. The van der Waals surface area contributed by atoms with Gasteiger partial charge in [-0.1, -0.05) is 12.8 Å². The number of ether oxygens (including phenoxy) is 1. The Bertz CT molecular complexity index is 1080. The van der Waals surface area contributed by atoms with Gasteiger partial charge in [0.15, 0.2) is 0 Å². The molecule has 6 nitrogen and oxygen atoms in total. The van der Waals surface area contributed by atoms with Crippen molar-refractivity contribution in [2.24, 2.45) is 5.92 Å². The summed E-state index contributed by atoms with van der Waals surface area (Å²) in [6.45, 7) is 1.88. The fourth-order valence-corrected chi connectivity index (χ4v) is 6.87. The number of benzene rings is 1.